The topological polar surface area (TPSA) is 24.9 Å². The molecule has 0 spiro atoms. The minimum atomic E-state index is 0.218. The quantitative estimate of drug-likeness (QED) is 0.855. The molecule has 0 radical (unpaired) electrons. The van der Waals surface area contributed by atoms with Crippen LogP contribution in [0.3, 0.4) is 0 Å². The van der Waals surface area contributed by atoms with Crippen molar-refractivity contribution in [2.24, 2.45) is 5.92 Å². The number of benzene rings is 1. The molecule has 0 saturated heterocycles. The van der Waals surface area contributed by atoms with Crippen LogP contribution in [0.5, 0.6) is 0 Å². The molecule has 0 amide bonds. The molecule has 1 unspecified atom stereocenters. The van der Waals surface area contributed by atoms with Crippen LogP contribution in [0.2, 0.25) is 0 Å². The molecule has 2 heteroatoms. The Morgan fingerprint density at radius 3 is 2.67 bits per heavy atom. The maximum absolute atomic E-state index is 4.30. The molecule has 21 heavy (non-hydrogen) atoms. The fourth-order valence-electron chi connectivity index (χ4n) is 2.76. The van der Waals surface area contributed by atoms with Crippen molar-refractivity contribution in [1.82, 2.24) is 10.3 Å². The smallest absolute Gasteiger partial charge is 0.0594 e. The fourth-order valence-corrected chi connectivity index (χ4v) is 2.76. The van der Waals surface area contributed by atoms with Crippen LogP contribution in [0.1, 0.15) is 49.1 Å². The molecule has 112 valence electrons. The Morgan fingerprint density at radius 1 is 1.19 bits per heavy atom. The summed E-state index contributed by atoms with van der Waals surface area (Å²) >= 11 is 0. The van der Waals surface area contributed by atoms with E-state index in [0.717, 1.165) is 13.0 Å². The molecular weight excluding hydrogens is 256 g/mol. The molecule has 2 aromatic rings. The van der Waals surface area contributed by atoms with Crippen LogP contribution < -0.4 is 5.32 Å². The van der Waals surface area contributed by atoms with Crippen LogP contribution in [0.25, 0.3) is 0 Å². The molecule has 1 N–H and O–H groups in total. The van der Waals surface area contributed by atoms with Crippen molar-refractivity contribution in [2.75, 3.05) is 6.54 Å². The van der Waals surface area contributed by atoms with E-state index in [1.165, 1.54) is 22.3 Å². The largest absolute Gasteiger partial charge is 0.306 e. The molecule has 0 fully saturated rings. The van der Waals surface area contributed by atoms with Gasteiger partial charge in [0, 0.05) is 12.4 Å². The van der Waals surface area contributed by atoms with Crippen LogP contribution in [-0.2, 0) is 6.42 Å². The van der Waals surface area contributed by atoms with Gasteiger partial charge in [-0.25, -0.2) is 0 Å². The van der Waals surface area contributed by atoms with Crippen molar-refractivity contribution in [3.05, 3.63) is 65.0 Å². The molecule has 0 aliphatic carbocycles. The maximum Gasteiger partial charge on any atom is 0.0594 e. The number of aryl methyl sites for hydroxylation is 1. The molecular formula is C19H26N2. The monoisotopic (exact) mass is 282 g/mol. The van der Waals surface area contributed by atoms with Gasteiger partial charge in [0.1, 0.15) is 0 Å². The average molecular weight is 282 g/mol. The summed E-state index contributed by atoms with van der Waals surface area (Å²) in [5.74, 6) is 0.679. The molecule has 1 aromatic heterocycles. The average Bonchev–Trinajstić information content (AvgIpc) is 2.45. The van der Waals surface area contributed by atoms with Gasteiger partial charge in [0.05, 0.1) is 6.04 Å². The highest BCUT2D eigenvalue weighted by Gasteiger charge is 2.15. The molecule has 1 aromatic carbocycles. The van der Waals surface area contributed by atoms with Gasteiger partial charge in [-0.2, -0.15) is 0 Å². The third-order valence-electron chi connectivity index (χ3n) is 3.73. The van der Waals surface area contributed by atoms with E-state index in [2.05, 4.69) is 68.3 Å². The SMILES string of the molecule is CCNC(c1cccc(CC(C)C)c1)c1cnccc1C. The first-order valence-corrected chi connectivity index (χ1v) is 7.84. The van der Waals surface area contributed by atoms with Crippen molar-refractivity contribution >= 4 is 0 Å². The second-order valence-electron chi connectivity index (χ2n) is 6.07. The summed E-state index contributed by atoms with van der Waals surface area (Å²) in [5.41, 5.74) is 5.28. The lowest BCUT2D eigenvalue weighted by atomic mass is 9.93. The van der Waals surface area contributed by atoms with E-state index in [4.69, 9.17) is 0 Å². The van der Waals surface area contributed by atoms with Gasteiger partial charge in [-0.05, 0) is 54.1 Å². The van der Waals surface area contributed by atoms with Crippen LogP contribution in [0.15, 0.2) is 42.7 Å². The Balaban J connectivity index is 2.36. The second kappa shape index (κ2) is 7.37. The number of hydrogen-bond acceptors (Lipinski definition) is 2. The predicted octanol–water partition coefficient (Wildman–Crippen LogP) is 4.29. The summed E-state index contributed by atoms with van der Waals surface area (Å²) < 4.78 is 0. The number of nitrogens with one attached hydrogen (secondary N) is 1. The van der Waals surface area contributed by atoms with Gasteiger partial charge < -0.3 is 5.32 Å². The molecule has 0 aliphatic heterocycles. The van der Waals surface area contributed by atoms with Crippen LogP contribution in [-0.4, -0.2) is 11.5 Å². The number of hydrogen-bond donors (Lipinski definition) is 1. The highest BCUT2D eigenvalue weighted by molar-refractivity contribution is 5.36. The highest BCUT2D eigenvalue weighted by atomic mass is 14.9. The van der Waals surface area contributed by atoms with E-state index in [9.17, 15) is 0 Å². The molecule has 0 saturated carbocycles. The number of nitrogens with zero attached hydrogens (tertiary/aromatic N) is 1. The fraction of sp³-hybridized carbons (Fsp3) is 0.421. The zero-order valence-electron chi connectivity index (χ0n) is 13.6. The molecule has 1 heterocycles. The Bertz CT molecular complexity index is 575. The van der Waals surface area contributed by atoms with Gasteiger partial charge in [0.15, 0.2) is 0 Å². The molecule has 0 aliphatic rings. The summed E-state index contributed by atoms with van der Waals surface area (Å²) in [6.45, 7) is 9.77. The van der Waals surface area contributed by atoms with Gasteiger partial charge in [-0.15, -0.1) is 0 Å². The van der Waals surface area contributed by atoms with Gasteiger partial charge in [0.25, 0.3) is 0 Å². The van der Waals surface area contributed by atoms with Crippen molar-refractivity contribution in [3.8, 4) is 0 Å². The summed E-state index contributed by atoms with van der Waals surface area (Å²) in [4.78, 5) is 4.30. The first kappa shape index (κ1) is 15.7. The van der Waals surface area contributed by atoms with Crippen molar-refractivity contribution in [1.29, 1.82) is 0 Å². The minimum absolute atomic E-state index is 0.218. The van der Waals surface area contributed by atoms with Crippen molar-refractivity contribution < 1.29 is 0 Å². The first-order valence-electron chi connectivity index (χ1n) is 7.84. The maximum atomic E-state index is 4.30. The van der Waals surface area contributed by atoms with E-state index < -0.39 is 0 Å². The lowest BCUT2D eigenvalue weighted by Gasteiger charge is -2.21. The van der Waals surface area contributed by atoms with Gasteiger partial charge in [0.2, 0.25) is 0 Å². The van der Waals surface area contributed by atoms with Crippen molar-refractivity contribution in [3.63, 3.8) is 0 Å². The third kappa shape index (κ3) is 4.15. The van der Waals surface area contributed by atoms with E-state index in [1.54, 1.807) is 0 Å². The standard InChI is InChI=1S/C19H26N2/c1-5-21-19(18-13-20-10-9-15(18)4)17-8-6-7-16(12-17)11-14(2)3/h6-10,12-14,19,21H,5,11H2,1-4H3. The molecule has 1 atom stereocenters. The Labute approximate surface area is 128 Å². The normalized spacial score (nSPS) is 12.6. The Hall–Kier alpha value is -1.67. The minimum Gasteiger partial charge on any atom is -0.306 e. The van der Waals surface area contributed by atoms with Crippen LogP contribution >= 0.6 is 0 Å². The lowest BCUT2D eigenvalue weighted by Crippen LogP contribution is -2.23. The molecule has 2 rings (SSSR count). The van der Waals surface area contributed by atoms with E-state index in [1.807, 2.05) is 12.4 Å². The Kier molecular flexibility index (Phi) is 5.51. The van der Waals surface area contributed by atoms with E-state index in [0.29, 0.717) is 5.92 Å². The second-order valence-corrected chi connectivity index (χ2v) is 6.07. The number of pyridine rings is 1. The summed E-state index contributed by atoms with van der Waals surface area (Å²) in [5, 5.41) is 3.60. The van der Waals surface area contributed by atoms with Gasteiger partial charge in [-0.3, -0.25) is 4.98 Å². The molecule has 0 bridgehead atoms. The summed E-state index contributed by atoms with van der Waals surface area (Å²) in [7, 11) is 0. The van der Waals surface area contributed by atoms with E-state index >= 15 is 0 Å². The summed E-state index contributed by atoms with van der Waals surface area (Å²) in [6, 6.07) is 11.2. The van der Waals surface area contributed by atoms with E-state index in [-0.39, 0.29) is 6.04 Å². The van der Waals surface area contributed by atoms with Crippen LogP contribution in [0.4, 0.5) is 0 Å². The Morgan fingerprint density at radius 2 is 2.00 bits per heavy atom. The van der Waals surface area contributed by atoms with Crippen molar-refractivity contribution in [2.45, 2.75) is 40.2 Å². The third-order valence-corrected chi connectivity index (χ3v) is 3.73. The highest BCUT2D eigenvalue weighted by Crippen LogP contribution is 2.25. The van der Waals surface area contributed by atoms with Gasteiger partial charge >= 0.3 is 0 Å². The summed E-state index contributed by atoms with van der Waals surface area (Å²) in [6.07, 6.45) is 4.97. The van der Waals surface area contributed by atoms with Gasteiger partial charge in [-0.1, -0.05) is 45.0 Å². The number of aromatic nitrogens is 1. The van der Waals surface area contributed by atoms with Crippen LogP contribution in [0, 0.1) is 12.8 Å². The molecule has 2 nitrogen and oxygen atoms in total. The predicted molar refractivity (Wildman–Crippen MR) is 89.5 cm³/mol. The zero-order valence-corrected chi connectivity index (χ0v) is 13.6. The lowest BCUT2D eigenvalue weighted by molar-refractivity contribution is 0.619. The number of rotatable bonds is 6. The first-order chi connectivity index (χ1) is 10.1. The zero-order chi connectivity index (χ0) is 15.2.